The second-order valence-electron chi connectivity index (χ2n) is 6.68. The van der Waals surface area contributed by atoms with Crippen molar-refractivity contribution in [2.24, 2.45) is 0 Å². The number of nitrogens with zero attached hydrogens (tertiary/aromatic N) is 2. The fraction of sp³-hybridized carbons (Fsp3) is 0.250. The maximum atomic E-state index is 12.5. The molecule has 1 N–H and O–H groups in total. The maximum Gasteiger partial charge on any atom is 0.269 e. The molecule has 1 unspecified atom stereocenters. The second kappa shape index (κ2) is 6.29. The van der Waals surface area contributed by atoms with Crippen molar-refractivity contribution in [3.05, 3.63) is 75.5 Å². The Labute approximate surface area is 150 Å². The lowest BCUT2D eigenvalue weighted by atomic mass is 9.96. The van der Waals surface area contributed by atoms with Gasteiger partial charge in [0.1, 0.15) is 0 Å². The number of likely N-dealkylation sites (tertiary alicyclic amines) is 1. The minimum Gasteiger partial charge on any atom is -0.361 e. The van der Waals surface area contributed by atoms with Crippen LogP contribution in [0.1, 0.15) is 35.6 Å². The number of nitro benzene ring substituents is 1. The van der Waals surface area contributed by atoms with E-state index < -0.39 is 4.92 Å². The van der Waals surface area contributed by atoms with E-state index in [4.69, 9.17) is 0 Å². The summed E-state index contributed by atoms with van der Waals surface area (Å²) >= 11 is 0. The van der Waals surface area contributed by atoms with Crippen LogP contribution in [0.15, 0.2) is 48.7 Å². The highest BCUT2D eigenvalue weighted by Gasteiger charge is 2.32. The molecular weight excluding hydrogens is 330 g/mol. The Morgan fingerprint density at radius 2 is 1.96 bits per heavy atom. The van der Waals surface area contributed by atoms with Crippen LogP contribution in [-0.4, -0.2) is 27.3 Å². The molecule has 1 amide bonds. The molecule has 6 heteroatoms. The summed E-state index contributed by atoms with van der Waals surface area (Å²) in [4.78, 5) is 28.2. The van der Waals surface area contributed by atoms with E-state index in [9.17, 15) is 14.9 Å². The Balaban J connectivity index is 1.86. The number of aromatic nitrogens is 1. The van der Waals surface area contributed by atoms with Crippen molar-refractivity contribution in [1.82, 2.24) is 9.88 Å². The van der Waals surface area contributed by atoms with Gasteiger partial charge in [0, 0.05) is 47.8 Å². The number of rotatable bonds is 4. The molecule has 4 rings (SSSR count). The summed E-state index contributed by atoms with van der Waals surface area (Å²) in [6, 6.07) is 12.4. The number of nitrogens with one attached hydrogen (secondary N) is 1. The number of hydrogen-bond acceptors (Lipinski definition) is 3. The van der Waals surface area contributed by atoms with Crippen LogP contribution < -0.4 is 0 Å². The van der Waals surface area contributed by atoms with E-state index in [0.717, 1.165) is 34.0 Å². The monoisotopic (exact) mass is 349 g/mol. The molecule has 1 fully saturated rings. The molecule has 0 radical (unpaired) electrons. The van der Waals surface area contributed by atoms with Gasteiger partial charge < -0.3 is 9.88 Å². The van der Waals surface area contributed by atoms with Gasteiger partial charge in [-0.2, -0.15) is 0 Å². The Morgan fingerprint density at radius 3 is 2.62 bits per heavy atom. The van der Waals surface area contributed by atoms with Crippen LogP contribution in [0.3, 0.4) is 0 Å². The molecule has 0 bridgehead atoms. The van der Waals surface area contributed by atoms with Gasteiger partial charge in [-0.3, -0.25) is 14.9 Å². The summed E-state index contributed by atoms with van der Waals surface area (Å²) in [7, 11) is 0. The number of hydrogen-bond donors (Lipinski definition) is 1. The predicted molar refractivity (Wildman–Crippen MR) is 98.9 cm³/mol. The minimum absolute atomic E-state index is 0.0509. The van der Waals surface area contributed by atoms with Crippen molar-refractivity contribution in [2.75, 3.05) is 6.54 Å². The molecule has 0 aliphatic carbocycles. The third-order valence-corrected chi connectivity index (χ3v) is 5.09. The Hall–Kier alpha value is -3.15. The van der Waals surface area contributed by atoms with Gasteiger partial charge in [-0.1, -0.05) is 18.2 Å². The SMILES string of the molecule is Cc1cccc2c(C(c3ccc([N+](=O)[O-])cc3)N3CCCC3=O)c[nH]c12. The highest BCUT2D eigenvalue weighted by molar-refractivity contribution is 5.88. The fourth-order valence-corrected chi connectivity index (χ4v) is 3.80. The number of para-hydroxylation sites is 1. The zero-order valence-corrected chi connectivity index (χ0v) is 14.4. The first-order chi connectivity index (χ1) is 12.6. The van der Waals surface area contributed by atoms with Crippen LogP contribution in [0.2, 0.25) is 0 Å². The standard InChI is InChI=1S/C20H19N3O3/c1-13-4-2-5-16-17(12-21-19(13)16)20(22-11-3-6-18(22)24)14-7-9-15(10-8-14)23(25)26/h2,4-5,7-10,12,20-21H,3,6,11H2,1H3. The van der Waals surface area contributed by atoms with E-state index in [-0.39, 0.29) is 17.6 Å². The quantitative estimate of drug-likeness (QED) is 0.569. The number of amides is 1. The van der Waals surface area contributed by atoms with E-state index in [1.807, 2.05) is 36.2 Å². The maximum absolute atomic E-state index is 12.5. The first-order valence-electron chi connectivity index (χ1n) is 8.66. The van der Waals surface area contributed by atoms with Crippen LogP contribution in [0.5, 0.6) is 0 Å². The fourth-order valence-electron chi connectivity index (χ4n) is 3.80. The largest absolute Gasteiger partial charge is 0.361 e. The average Bonchev–Trinajstić information content (AvgIpc) is 3.24. The summed E-state index contributed by atoms with van der Waals surface area (Å²) in [6.45, 7) is 2.74. The molecular formula is C20H19N3O3. The molecule has 0 saturated carbocycles. The lowest BCUT2D eigenvalue weighted by Gasteiger charge is -2.28. The number of carbonyl (C=O) groups is 1. The van der Waals surface area contributed by atoms with Crippen molar-refractivity contribution in [2.45, 2.75) is 25.8 Å². The lowest BCUT2D eigenvalue weighted by molar-refractivity contribution is -0.384. The molecule has 1 aliphatic rings. The molecule has 26 heavy (non-hydrogen) atoms. The summed E-state index contributed by atoms with van der Waals surface area (Å²) in [5.74, 6) is 0.121. The second-order valence-corrected chi connectivity index (χ2v) is 6.68. The number of non-ortho nitro benzene ring substituents is 1. The van der Waals surface area contributed by atoms with E-state index >= 15 is 0 Å². The Bertz CT molecular complexity index is 991. The third-order valence-electron chi connectivity index (χ3n) is 5.09. The zero-order valence-electron chi connectivity index (χ0n) is 14.4. The molecule has 1 aliphatic heterocycles. The first-order valence-corrected chi connectivity index (χ1v) is 8.66. The van der Waals surface area contributed by atoms with Gasteiger partial charge in [0.05, 0.1) is 11.0 Å². The van der Waals surface area contributed by atoms with Gasteiger partial charge in [-0.05, 0) is 36.6 Å². The summed E-state index contributed by atoms with van der Waals surface area (Å²) in [6.07, 6.45) is 3.34. The minimum atomic E-state index is -0.408. The van der Waals surface area contributed by atoms with Crippen molar-refractivity contribution in [1.29, 1.82) is 0 Å². The molecule has 2 aromatic carbocycles. The van der Waals surface area contributed by atoms with Crippen LogP contribution in [0.25, 0.3) is 10.9 Å². The van der Waals surface area contributed by atoms with Crippen LogP contribution >= 0.6 is 0 Å². The first kappa shape index (κ1) is 16.3. The van der Waals surface area contributed by atoms with Gasteiger partial charge in [0.2, 0.25) is 5.91 Å². The van der Waals surface area contributed by atoms with Gasteiger partial charge in [-0.25, -0.2) is 0 Å². The Morgan fingerprint density at radius 1 is 1.19 bits per heavy atom. The molecule has 1 saturated heterocycles. The number of H-pyrrole nitrogens is 1. The van der Waals surface area contributed by atoms with E-state index in [0.29, 0.717) is 13.0 Å². The Kier molecular flexibility index (Phi) is 3.95. The highest BCUT2D eigenvalue weighted by Crippen LogP contribution is 2.37. The van der Waals surface area contributed by atoms with Crippen molar-refractivity contribution >= 4 is 22.5 Å². The van der Waals surface area contributed by atoms with Gasteiger partial charge in [0.15, 0.2) is 0 Å². The summed E-state index contributed by atoms with van der Waals surface area (Å²) in [5.41, 5.74) is 4.15. The van der Waals surface area contributed by atoms with E-state index in [2.05, 4.69) is 4.98 Å². The predicted octanol–water partition coefficient (Wildman–Crippen LogP) is 4.10. The number of fused-ring (bicyclic) bond motifs is 1. The van der Waals surface area contributed by atoms with Gasteiger partial charge in [0.25, 0.3) is 5.69 Å². The number of aryl methyl sites for hydroxylation is 1. The molecule has 0 spiro atoms. The van der Waals surface area contributed by atoms with Crippen LogP contribution in [-0.2, 0) is 4.79 Å². The van der Waals surface area contributed by atoms with Crippen molar-refractivity contribution in [3.8, 4) is 0 Å². The topological polar surface area (TPSA) is 79.2 Å². The molecule has 3 aromatic rings. The molecule has 1 aromatic heterocycles. The third kappa shape index (κ3) is 2.63. The molecule has 132 valence electrons. The molecule has 1 atom stereocenters. The van der Waals surface area contributed by atoms with Crippen molar-refractivity contribution < 1.29 is 9.72 Å². The highest BCUT2D eigenvalue weighted by atomic mass is 16.6. The normalized spacial score (nSPS) is 15.6. The molecule has 6 nitrogen and oxygen atoms in total. The van der Waals surface area contributed by atoms with Crippen molar-refractivity contribution in [3.63, 3.8) is 0 Å². The van der Waals surface area contributed by atoms with Gasteiger partial charge >= 0.3 is 0 Å². The molecule has 2 heterocycles. The zero-order chi connectivity index (χ0) is 18.3. The average molecular weight is 349 g/mol. The van der Waals surface area contributed by atoms with E-state index in [1.54, 1.807) is 12.1 Å². The number of nitro groups is 1. The number of aromatic amines is 1. The summed E-state index contributed by atoms with van der Waals surface area (Å²) in [5, 5.41) is 12.0. The smallest absolute Gasteiger partial charge is 0.269 e. The van der Waals surface area contributed by atoms with Crippen LogP contribution in [0, 0.1) is 17.0 Å². The lowest BCUT2D eigenvalue weighted by Crippen LogP contribution is -2.30. The summed E-state index contributed by atoms with van der Waals surface area (Å²) < 4.78 is 0. The van der Waals surface area contributed by atoms with Crippen LogP contribution in [0.4, 0.5) is 5.69 Å². The van der Waals surface area contributed by atoms with E-state index in [1.165, 1.54) is 12.1 Å². The number of benzene rings is 2. The van der Waals surface area contributed by atoms with Gasteiger partial charge in [-0.15, -0.1) is 0 Å². The number of carbonyl (C=O) groups excluding carboxylic acids is 1.